The third-order valence-corrected chi connectivity index (χ3v) is 4.83. The van der Waals surface area contributed by atoms with E-state index in [1.54, 1.807) is 22.9 Å². The van der Waals surface area contributed by atoms with Gasteiger partial charge in [0.2, 0.25) is 0 Å². The summed E-state index contributed by atoms with van der Waals surface area (Å²) in [5.74, 6) is -0.524. The van der Waals surface area contributed by atoms with Crippen molar-refractivity contribution in [1.82, 2.24) is 15.1 Å². The molecule has 23 heavy (non-hydrogen) atoms. The molecule has 3 rings (SSSR count). The molecule has 0 spiro atoms. The van der Waals surface area contributed by atoms with Crippen molar-refractivity contribution in [3.05, 3.63) is 57.0 Å². The minimum absolute atomic E-state index is 0.234. The highest BCUT2D eigenvalue weighted by atomic mass is 35.5. The summed E-state index contributed by atoms with van der Waals surface area (Å²) in [7, 11) is 0. The van der Waals surface area contributed by atoms with Gasteiger partial charge < -0.3 is 5.32 Å². The monoisotopic (exact) mass is 367 g/mol. The third kappa shape index (κ3) is 3.46. The molecule has 0 bridgehead atoms. The van der Waals surface area contributed by atoms with Crippen LogP contribution < -0.4 is 5.32 Å². The highest BCUT2D eigenvalue weighted by Crippen LogP contribution is 2.30. The molecule has 0 atom stereocenters. The van der Waals surface area contributed by atoms with Gasteiger partial charge in [-0.05, 0) is 30.7 Å². The van der Waals surface area contributed by atoms with E-state index in [1.165, 1.54) is 23.9 Å². The Morgan fingerprint density at radius 1 is 1.43 bits per heavy atom. The third-order valence-electron chi connectivity index (χ3n) is 3.27. The molecule has 4 nitrogen and oxygen atoms in total. The van der Waals surface area contributed by atoms with Crippen LogP contribution in [0.2, 0.25) is 5.15 Å². The Labute approximate surface area is 146 Å². The van der Waals surface area contributed by atoms with E-state index in [0.29, 0.717) is 32.2 Å². The lowest BCUT2D eigenvalue weighted by Crippen LogP contribution is -2.17. The average molecular weight is 368 g/mol. The topological polar surface area (TPSA) is 46.9 Å². The van der Waals surface area contributed by atoms with Crippen LogP contribution in [0.5, 0.6) is 0 Å². The number of rotatable bonds is 3. The number of halogens is 2. The van der Waals surface area contributed by atoms with E-state index in [2.05, 4.69) is 10.4 Å². The molecule has 1 aliphatic rings. The quantitative estimate of drug-likeness (QED) is 0.666. The second kappa shape index (κ2) is 6.43. The maximum atomic E-state index is 13.0. The number of hydrogen-bond acceptors (Lipinski definition) is 4. The van der Waals surface area contributed by atoms with Gasteiger partial charge in [-0.1, -0.05) is 47.7 Å². The fourth-order valence-electron chi connectivity index (χ4n) is 2.15. The number of thioether (sulfide) groups is 1. The van der Waals surface area contributed by atoms with E-state index >= 15 is 0 Å². The van der Waals surface area contributed by atoms with Crippen LogP contribution in [-0.4, -0.2) is 20.0 Å². The van der Waals surface area contributed by atoms with Crippen LogP contribution in [0.1, 0.15) is 16.8 Å². The van der Waals surface area contributed by atoms with E-state index in [4.69, 9.17) is 23.8 Å². The van der Waals surface area contributed by atoms with Gasteiger partial charge in [0.1, 0.15) is 15.3 Å². The molecule has 0 radical (unpaired) electrons. The number of aryl methyl sites for hydroxylation is 1. The van der Waals surface area contributed by atoms with Gasteiger partial charge in [0, 0.05) is 5.56 Å². The Kier molecular flexibility index (Phi) is 4.52. The number of aromatic nitrogens is 2. The second-order valence-electron chi connectivity index (χ2n) is 4.93. The van der Waals surface area contributed by atoms with Crippen molar-refractivity contribution in [2.24, 2.45) is 0 Å². The van der Waals surface area contributed by atoms with E-state index in [9.17, 15) is 9.18 Å². The van der Waals surface area contributed by atoms with Gasteiger partial charge in [-0.15, -0.1) is 0 Å². The van der Waals surface area contributed by atoms with Crippen molar-refractivity contribution in [3.8, 4) is 0 Å². The van der Waals surface area contributed by atoms with E-state index < -0.39 is 0 Å². The lowest BCUT2D eigenvalue weighted by molar-refractivity contribution is -0.115. The number of hydrogen-bond donors (Lipinski definition) is 1. The molecule has 1 fully saturated rings. The molecule has 118 valence electrons. The summed E-state index contributed by atoms with van der Waals surface area (Å²) in [6.45, 7) is 2.23. The summed E-state index contributed by atoms with van der Waals surface area (Å²) in [5.41, 5.74) is 2.26. The molecule has 0 unspecified atom stereocenters. The van der Waals surface area contributed by atoms with Crippen molar-refractivity contribution in [2.45, 2.75) is 13.5 Å². The van der Waals surface area contributed by atoms with Crippen molar-refractivity contribution < 1.29 is 9.18 Å². The van der Waals surface area contributed by atoms with Gasteiger partial charge in [0.15, 0.2) is 0 Å². The summed E-state index contributed by atoms with van der Waals surface area (Å²) >= 11 is 12.5. The van der Waals surface area contributed by atoms with E-state index in [0.717, 1.165) is 5.56 Å². The Morgan fingerprint density at radius 2 is 2.13 bits per heavy atom. The van der Waals surface area contributed by atoms with Crippen LogP contribution in [0.15, 0.2) is 29.2 Å². The Morgan fingerprint density at radius 3 is 2.74 bits per heavy atom. The lowest BCUT2D eigenvalue weighted by Gasteiger charge is -2.03. The number of nitrogens with one attached hydrogen (secondary N) is 1. The van der Waals surface area contributed by atoms with E-state index in [1.807, 2.05) is 6.92 Å². The predicted molar refractivity (Wildman–Crippen MR) is 93.8 cm³/mol. The first kappa shape index (κ1) is 16.2. The van der Waals surface area contributed by atoms with Crippen molar-refractivity contribution >= 4 is 51.9 Å². The van der Waals surface area contributed by atoms with Gasteiger partial charge in [-0.2, -0.15) is 5.10 Å². The number of amides is 1. The first-order chi connectivity index (χ1) is 10.9. The van der Waals surface area contributed by atoms with Gasteiger partial charge in [-0.25, -0.2) is 9.07 Å². The lowest BCUT2D eigenvalue weighted by atomic mass is 10.2. The first-order valence-corrected chi connectivity index (χ1v) is 8.26. The van der Waals surface area contributed by atoms with Crippen LogP contribution in [0, 0.1) is 12.7 Å². The highest BCUT2D eigenvalue weighted by Gasteiger charge is 2.23. The van der Waals surface area contributed by atoms with Crippen LogP contribution >= 0.6 is 35.6 Å². The number of benzene rings is 1. The molecule has 1 aromatic heterocycles. The maximum Gasteiger partial charge on any atom is 0.263 e. The molecule has 2 heterocycles. The molecular weight excluding hydrogens is 357 g/mol. The molecule has 1 amide bonds. The molecule has 2 aromatic rings. The zero-order valence-corrected chi connectivity index (χ0v) is 14.4. The predicted octanol–water partition coefficient (Wildman–Crippen LogP) is 3.52. The highest BCUT2D eigenvalue weighted by molar-refractivity contribution is 8.26. The fraction of sp³-hybridized carbons (Fsp3) is 0.133. The van der Waals surface area contributed by atoms with Crippen LogP contribution in [0.25, 0.3) is 6.08 Å². The second-order valence-corrected chi connectivity index (χ2v) is 7.00. The Bertz CT molecular complexity index is 830. The number of carbonyl (C=O) groups excluding carboxylic acids is 1. The smallest absolute Gasteiger partial charge is 0.263 e. The molecule has 0 saturated carbocycles. The molecule has 1 N–H and O–H groups in total. The molecular formula is C15H11ClFN3OS2. The molecule has 1 aromatic carbocycles. The Balaban J connectivity index is 1.90. The summed E-state index contributed by atoms with van der Waals surface area (Å²) in [5, 5.41) is 7.37. The number of nitrogens with zero attached hydrogens (tertiary/aromatic N) is 2. The minimum atomic E-state index is -0.290. The number of carbonyl (C=O) groups is 1. The number of thiocarbonyl (C=S) groups is 1. The van der Waals surface area contributed by atoms with Crippen molar-refractivity contribution in [1.29, 1.82) is 0 Å². The van der Waals surface area contributed by atoms with Crippen LogP contribution in [-0.2, 0) is 11.3 Å². The molecule has 0 aliphatic carbocycles. The van der Waals surface area contributed by atoms with Crippen molar-refractivity contribution in [3.63, 3.8) is 0 Å². The summed E-state index contributed by atoms with van der Waals surface area (Å²) in [6.07, 6.45) is 1.69. The fourth-order valence-corrected chi connectivity index (χ4v) is 3.47. The summed E-state index contributed by atoms with van der Waals surface area (Å²) in [6, 6.07) is 6.14. The van der Waals surface area contributed by atoms with Gasteiger partial charge in [-0.3, -0.25) is 4.79 Å². The van der Waals surface area contributed by atoms with Gasteiger partial charge >= 0.3 is 0 Å². The molecule has 8 heteroatoms. The van der Waals surface area contributed by atoms with Crippen LogP contribution in [0.3, 0.4) is 0 Å². The standard InChI is InChI=1S/C15H11ClFN3OS2/c1-8-11(6-12-14(21)18-15(22)23-12)13(16)20(19-8)7-9-2-4-10(17)5-3-9/h2-6H,7H2,1H3,(H,18,21,22)/b12-6-. The van der Waals surface area contributed by atoms with E-state index in [-0.39, 0.29) is 11.7 Å². The SMILES string of the molecule is Cc1nn(Cc2ccc(F)cc2)c(Cl)c1/C=C1\SC(=S)NC1=O. The normalized spacial score (nSPS) is 16.2. The zero-order chi connectivity index (χ0) is 16.6. The van der Waals surface area contributed by atoms with Gasteiger partial charge in [0.25, 0.3) is 5.91 Å². The largest absolute Gasteiger partial charge is 0.307 e. The van der Waals surface area contributed by atoms with Crippen molar-refractivity contribution in [2.75, 3.05) is 0 Å². The summed E-state index contributed by atoms with van der Waals surface area (Å²) in [4.78, 5) is 12.2. The van der Waals surface area contributed by atoms with Gasteiger partial charge in [0.05, 0.1) is 17.1 Å². The maximum absolute atomic E-state index is 13.0. The average Bonchev–Trinajstić information content (AvgIpc) is 2.95. The summed E-state index contributed by atoms with van der Waals surface area (Å²) < 4.78 is 15.0. The minimum Gasteiger partial charge on any atom is -0.307 e. The first-order valence-electron chi connectivity index (χ1n) is 6.66. The molecule has 1 saturated heterocycles. The molecule has 1 aliphatic heterocycles. The van der Waals surface area contributed by atoms with Crippen LogP contribution in [0.4, 0.5) is 4.39 Å². The zero-order valence-electron chi connectivity index (χ0n) is 12.0. The Hall–Kier alpha value is -1.70.